The second-order valence-corrected chi connectivity index (χ2v) is 10.9. The van der Waals surface area contributed by atoms with Gasteiger partial charge < -0.3 is 9.64 Å². The molecule has 2 aliphatic heterocycles. The van der Waals surface area contributed by atoms with Crippen LogP contribution in [0.5, 0.6) is 0 Å². The summed E-state index contributed by atoms with van der Waals surface area (Å²) in [7, 11) is -3.58. The van der Waals surface area contributed by atoms with Crippen LogP contribution < -0.4 is 0 Å². The van der Waals surface area contributed by atoms with Crippen LogP contribution in [0.4, 0.5) is 0 Å². The van der Waals surface area contributed by atoms with E-state index in [2.05, 4.69) is 0 Å². The molecule has 0 aromatic heterocycles. The van der Waals surface area contributed by atoms with Crippen LogP contribution in [-0.4, -0.2) is 61.3 Å². The molecule has 0 spiro atoms. The molecule has 0 radical (unpaired) electrons. The lowest BCUT2D eigenvalue weighted by Crippen LogP contribution is -2.49. The number of ether oxygens (including phenoxy) is 1. The molecular formula is C23H34N2O5S. The fourth-order valence-corrected chi connectivity index (χ4v) is 6.15. The molecule has 31 heavy (non-hydrogen) atoms. The van der Waals surface area contributed by atoms with Gasteiger partial charge in [-0.25, -0.2) is 8.42 Å². The Bertz CT molecular complexity index is 912. The van der Waals surface area contributed by atoms with Crippen LogP contribution in [0.25, 0.3) is 0 Å². The number of nitrogens with zero attached hydrogens (tertiary/aromatic N) is 2. The normalized spacial score (nSPS) is 23.5. The highest BCUT2D eigenvalue weighted by molar-refractivity contribution is 7.89. The minimum atomic E-state index is -3.58. The summed E-state index contributed by atoms with van der Waals surface area (Å²) in [6.45, 7) is 8.19. The van der Waals surface area contributed by atoms with Crippen molar-refractivity contribution in [1.29, 1.82) is 0 Å². The maximum atomic E-state index is 12.9. The number of amides is 1. The predicted octanol–water partition coefficient (Wildman–Crippen LogP) is 3.04. The molecule has 0 saturated carbocycles. The van der Waals surface area contributed by atoms with Crippen molar-refractivity contribution in [2.45, 2.75) is 76.8 Å². The zero-order chi connectivity index (χ0) is 22.8. The topological polar surface area (TPSA) is 84.0 Å². The predicted molar refractivity (Wildman–Crippen MR) is 118 cm³/mol. The number of piperidine rings is 2. The lowest BCUT2D eigenvalue weighted by atomic mass is 9.97. The van der Waals surface area contributed by atoms with Crippen LogP contribution in [0.3, 0.4) is 0 Å². The first-order valence-corrected chi connectivity index (χ1v) is 12.6. The second-order valence-electron chi connectivity index (χ2n) is 8.96. The molecule has 1 amide bonds. The van der Waals surface area contributed by atoms with Gasteiger partial charge in [0.1, 0.15) is 0 Å². The molecule has 1 aromatic rings. The summed E-state index contributed by atoms with van der Waals surface area (Å²) in [5, 5.41) is 0. The van der Waals surface area contributed by atoms with Gasteiger partial charge in [0.2, 0.25) is 10.0 Å². The first-order valence-electron chi connectivity index (χ1n) is 11.2. The maximum Gasteiger partial charge on any atom is 0.309 e. The summed E-state index contributed by atoms with van der Waals surface area (Å²) >= 11 is 0. The molecular weight excluding hydrogens is 416 g/mol. The standard InChI is InChI=1S/C23H34N2O5S/c1-16-8-9-21(14-17(16)2)31(28,29)24-12-10-20(11-13-24)23(27)30-15-22(26)25-18(3)6-5-7-19(25)4/h8-9,14,18-20H,5-7,10-13,15H2,1-4H3. The highest BCUT2D eigenvalue weighted by Crippen LogP contribution is 2.26. The average molecular weight is 451 g/mol. The zero-order valence-corrected chi connectivity index (χ0v) is 19.8. The molecule has 0 N–H and O–H groups in total. The summed E-state index contributed by atoms with van der Waals surface area (Å²) in [6.07, 6.45) is 3.84. The number of esters is 1. The van der Waals surface area contributed by atoms with Crippen molar-refractivity contribution in [3.8, 4) is 0 Å². The monoisotopic (exact) mass is 450 g/mol. The van der Waals surface area contributed by atoms with Gasteiger partial charge in [0.05, 0.1) is 10.8 Å². The van der Waals surface area contributed by atoms with Gasteiger partial charge in [-0.1, -0.05) is 6.07 Å². The molecule has 2 fully saturated rings. The Morgan fingerprint density at radius 2 is 1.61 bits per heavy atom. The van der Waals surface area contributed by atoms with Gasteiger partial charge in [0.15, 0.2) is 6.61 Å². The maximum absolute atomic E-state index is 12.9. The summed E-state index contributed by atoms with van der Waals surface area (Å²) < 4.78 is 32.6. The van der Waals surface area contributed by atoms with Crippen molar-refractivity contribution in [1.82, 2.24) is 9.21 Å². The van der Waals surface area contributed by atoms with Crippen LogP contribution in [0.1, 0.15) is 57.1 Å². The van der Waals surface area contributed by atoms with Gasteiger partial charge in [-0.2, -0.15) is 4.31 Å². The highest BCUT2D eigenvalue weighted by atomic mass is 32.2. The van der Waals surface area contributed by atoms with Crippen LogP contribution in [0, 0.1) is 19.8 Å². The first kappa shape index (κ1) is 23.7. The molecule has 2 unspecified atom stereocenters. The lowest BCUT2D eigenvalue weighted by molar-refractivity contribution is -0.158. The fraction of sp³-hybridized carbons (Fsp3) is 0.652. The third kappa shape index (κ3) is 5.29. The number of benzene rings is 1. The number of hydrogen-bond donors (Lipinski definition) is 0. The van der Waals surface area contributed by atoms with Crippen molar-refractivity contribution in [3.63, 3.8) is 0 Å². The quantitative estimate of drug-likeness (QED) is 0.644. The highest BCUT2D eigenvalue weighted by Gasteiger charge is 2.34. The van der Waals surface area contributed by atoms with E-state index in [1.165, 1.54) is 4.31 Å². The number of carbonyl (C=O) groups is 2. The number of hydrogen-bond acceptors (Lipinski definition) is 5. The third-order valence-corrected chi connectivity index (χ3v) is 8.62. The van der Waals surface area contributed by atoms with Crippen molar-refractivity contribution >= 4 is 21.9 Å². The van der Waals surface area contributed by atoms with E-state index in [4.69, 9.17) is 4.74 Å². The van der Waals surface area contributed by atoms with Crippen molar-refractivity contribution in [3.05, 3.63) is 29.3 Å². The van der Waals surface area contributed by atoms with Gasteiger partial charge in [0, 0.05) is 25.2 Å². The Kier molecular flexibility index (Phi) is 7.42. The Morgan fingerprint density at radius 1 is 1.00 bits per heavy atom. The van der Waals surface area contributed by atoms with E-state index >= 15 is 0 Å². The molecule has 1 aromatic carbocycles. The molecule has 172 valence electrons. The average Bonchev–Trinajstić information content (AvgIpc) is 2.73. The van der Waals surface area contributed by atoms with Crippen molar-refractivity contribution in [2.75, 3.05) is 19.7 Å². The van der Waals surface area contributed by atoms with Gasteiger partial charge >= 0.3 is 5.97 Å². The van der Waals surface area contributed by atoms with Crippen LogP contribution in [-0.2, 0) is 24.3 Å². The van der Waals surface area contributed by atoms with Crippen LogP contribution in [0.15, 0.2) is 23.1 Å². The van der Waals surface area contributed by atoms with Crippen LogP contribution in [0.2, 0.25) is 0 Å². The molecule has 2 saturated heterocycles. The molecule has 0 aliphatic carbocycles. The molecule has 3 rings (SSSR count). The van der Waals surface area contributed by atoms with Crippen LogP contribution >= 0.6 is 0 Å². The van der Waals surface area contributed by atoms with E-state index in [1.807, 2.05) is 38.7 Å². The molecule has 7 nitrogen and oxygen atoms in total. The smallest absolute Gasteiger partial charge is 0.309 e. The van der Waals surface area contributed by atoms with E-state index in [9.17, 15) is 18.0 Å². The molecule has 2 aliphatic rings. The Balaban J connectivity index is 1.52. The minimum Gasteiger partial charge on any atom is -0.455 e. The number of likely N-dealkylation sites (tertiary alicyclic amines) is 1. The van der Waals surface area contributed by atoms with Gasteiger partial charge in [-0.15, -0.1) is 0 Å². The van der Waals surface area contributed by atoms with Gasteiger partial charge in [0.25, 0.3) is 5.91 Å². The second kappa shape index (κ2) is 9.69. The first-order chi connectivity index (χ1) is 14.6. The van der Waals surface area contributed by atoms with E-state index in [0.717, 1.165) is 30.4 Å². The Hall–Kier alpha value is -1.93. The van der Waals surface area contributed by atoms with Gasteiger partial charge in [-0.05, 0) is 83.1 Å². The Labute approximate surface area is 185 Å². The summed E-state index contributed by atoms with van der Waals surface area (Å²) in [5.74, 6) is -0.938. The van der Waals surface area contributed by atoms with E-state index < -0.39 is 16.0 Å². The fourth-order valence-electron chi connectivity index (χ4n) is 4.59. The van der Waals surface area contributed by atoms with Gasteiger partial charge in [-0.3, -0.25) is 9.59 Å². The number of rotatable bonds is 5. The number of carbonyl (C=O) groups excluding carboxylic acids is 2. The lowest BCUT2D eigenvalue weighted by Gasteiger charge is -2.39. The number of aryl methyl sites for hydroxylation is 2. The minimum absolute atomic E-state index is 0.150. The molecule has 8 heteroatoms. The largest absolute Gasteiger partial charge is 0.455 e. The molecule has 2 heterocycles. The number of sulfonamides is 1. The zero-order valence-electron chi connectivity index (χ0n) is 19.0. The van der Waals surface area contributed by atoms with Crippen molar-refractivity contribution in [2.24, 2.45) is 5.92 Å². The van der Waals surface area contributed by atoms with E-state index in [1.54, 1.807) is 12.1 Å². The SMILES string of the molecule is Cc1ccc(S(=O)(=O)N2CCC(C(=O)OCC(=O)N3C(C)CCCC3C)CC2)cc1C. The van der Waals surface area contributed by atoms with E-state index in [-0.39, 0.29) is 48.5 Å². The summed E-state index contributed by atoms with van der Waals surface area (Å²) in [4.78, 5) is 27.2. The van der Waals surface area contributed by atoms with E-state index in [0.29, 0.717) is 12.8 Å². The molecule has 2 atom stereocenters. The third-order valence-electron chi connectivity index (χ3n) is 6.72. The summed E-state index contributed by atoms with van der Waals surface area (Å²) in [6, 6.07) is 5.46. The van der Waals surface area contributed by atoms with Crippen molar-refractivity contribution < 1.29 is 22.7 Å². The summed E-state index contributed by atoms with van der Waals surface area (Å²) in [5.41, 5.74) is 1.98. The molecule has 0 bridgehead atoms. The Morgan fingerprint density at radius 3 is 2.19 bits per heavy atom.